The predicted molar refractivity (Wildman–Crippen MR) is 85.4 cm³/mol. The molecule has 1 N–H and O–H groups in total. The number of carbonyl (C=O) groups excluding carboxylic acids is 1. The lowest BCUT2D eigenvalue weighted by Crippen LogP contribution is -2.52. The van der Waals surface area contributed by atoms with Gasteiger partial charge in [0.2, 0.25) is 0 Å². The van der Waals surface area contributed by atoms with Crippen molar-refractivity contribution in [2.75, 3.05) is 6.54 Å². The van der Waals surface area contributed by atoms with Gasteiger partial charge in [0.15, 0.2) is 0 Å². The molecule has 1 heterocycles. The van der Waals surface area contributed by atoms with Crippen LogP contribution in [0, 0.1) is 5.92 Å². The van der Waals surface area contributed by atoms with Gasteiger partial charge in [0.05, 0.1) is 0 Å². The van der Waals surface area contributed by atoms with Crippen LogP contribution in [0.15, 0.2) is 0 Å². The van der Waals surface area contributed by atoms with Crippen LogP contribution in [0.25, 0.3) is 0 Å². The molecular weight excluding hydrogens is 264 g/mol. The molecule has 1 amide bonds. The second-order valence-corrected chi connectivity index (χ2v) is 7.76. The average molecular weight is 296 g/mol. The van der Waals surface area contributed by atoms with Gasteiger partial charge in [0.1, 0.15) is 5.60 Å². The zero-order chi connectivity index (χ0) is 15.6. The highest BCUT2D eigenvalue weighted by atomic mass is 16.6. The lowest BCUT2D eigenvalue weighted by Gasteiger charge is -2.39. The highest BCUT2D eigenvalue weighted by Crippen LogP contribution is 2.34. The number of hydrogen-bond acceptors (Lipinski definition) is 3. The van der Waals surface area contributed by atoms with Gasteiger partial charge in [0, 0.05) is 24.7 Å². The Balaban J connectivity index is 1.82. The molecule has 21 heavy (non-hydrogen) atoms. The molecule has 4 heteroatoms. The van der Waals surface area contributed by atoms with Crippen LogP contribution in [0.5, 0.6) is 0 Å². The smallest absolute Gasteiger partial charge is 0.410 e. The maximum atomic E-state index is 12.2. The number of nitrogens with one attached hydrogen (secondary N) is 1. The summed E-state index contributed by atoms with van der Waals surface area (Å²) >= 11 is 0. The van der Waals surface area contributed by atoms with E-state index in [4.69, 9.17) is 4.74 Å². The van der Waals surface area contributed by atoms with Gasteiger partial charge in [0.25, 0.3) is 0 Å². The van der Waals surface area contributed by atoms with Gasteiger partial charge in [-0.25, -0.2) is 4.79 Å². The molecule has 2 aliphatic rings. The summed E-state index contributed by atoms with van der Waals surface area (Å²) < 4.78 is 5.50. The number of amides is 1. The van der Waals surface area contributed by atoms with Gasteiger partial charge in [-0.3, -0.25) is 0 Å². The quantitative estimate of drug-likeness (QED) is 0.862. The van der Waals surface area contributed by atoms with E-state index in [0.717, 1.165) is 25.3 Å². The molecule has 3 atom stereocenters. The van der Waals surface area contributed by atoms with E-state index in [9.17, 15) is 4.79 Å². The van der Waals surface area contributed by atoms with Crippen LogP contribution in [0.1, 0.15) is 66.7 Å². The SMILES string of the molecule is CCC(NC1CCN(C(=O)OC(C)(C)C)C(C)C1)C1CC1. The normalized spacial score (nSPS) is 28.3. The van der Waals surface area contributed by atoms with Crippen LogP contribution in [0.3, 0.4) is 0 Å². The molecule has 0 aromatic rings. The zero-order valence-corrected chi connectivity index (χ0v) is 14.3. The summed E-state index contributed by atoms with van der Waals surface area (Å²) in [4.78, 5) is 14.1. The molecule has 1 aliphatic carbocycles. The van der Waals surface area contributed by atoms with E-state index in [-0.39, 0.29) is 12.1 Å². The number of likely N-dealkylation sites (tertiary alicyclic amines) is 1. The molecule has 0 spiro atoms. The number of piperidine rings is 1. The molecule has 0 aromatic carbocycles. The molecule has 0 radical (unpaired) electrons. The molecular formula is C17H32N2O2. The molecule has 4 nitrogen and oxygen atoms in total. The summed E-state index contributed by atoms with van der Waals surface area (Å²) in [7, 11) is 0. The van der Waals surface area contributed by atoms with Gasteiger partial charge >= 0.3 is 6.09 Å². The third kappa shape index (κ3) is 4.87. The van der Waals surface area contributed by atoms with E-state index in [0.29, 0.717) is 12.1 Å². The fourth-order valence-electron chi connectivity index (χ4n) is 3.30. The second-order valence-electron chi connectivity index (χ2n) is 7.76. The van der Waals surface area contributed by atoms with Crippen molar-refractivity contribution in [1.82, 2.24) is 10.2 Å². The van der Waals surface area contributed by atoms with E-state index in [1.165, 1.54) is 19.3 Å². The average Bonchev–Trinajstić information content (AvgIpc) is 3.18. The number of rotatable bonds is 4. The Morgan fingerprint density at radius 3 is 2.48 bits per heavy atom. The van der Waals surface area contributed by atoms with E-state index in [1.807, 2.05) is 25.7 Å². The van der Waals surface area contributed by atoms with Crippen LogP contribution in [-0.2, 0) is 4.74 Å². The van der Waals surface area contributed by atoms with Crippen molar-refractivity contribution in [3.05, 3.63) is 0 Å². The van der Waals surface area contributed by atoms with Crippen molar-refractivity contribution in [2.24, 2.45) is 5.92 Å². The number of ether oxygens (including phenoxy) is 1. The van der Waals surface area contributed by atoms with Crippen LogP contribution in [-0.4, -0.2) is 41.3 Å². The largest absolute Gasteiger partial charge is 0.444 e. The summed E-state index contributed by atoms with van der Waals surface area (Å²) in [6.07, 6.45) is 5.89. The first-order valence-electron chi connectivity index (χ1n) is 8.56. The summed E-state index contributed by atoms with van der Waals surface area (Å²) in [6.45, 7) is 11.0. The van der Waals surface area contributed by atoms with E-state index < -0.39 is 5.60 Å². The summed E-state index contributed by atoms with van der Waals surface area (Å²) in [5, 5.41) is 3.83. The Bertz CT molecular complexity index is 360. The standard InChI is InChI=1S/C17H32N2O2/c1-6-15(13-7-8-13)18-14-9-10-19(12(2)11-14)16(20)21-17(3,4)5/h12-15,18H,6-11H2,1-5H3. The van der Waals surface area contributed by atoms with Gasteiger partial charge < -0.3 is 15.0 Å². The molecule has 2 rings (SSSR count). The fourth-order valence-corrected chi connectivity index (χ4v) is 3.30. The third-order valence-electron chi connectivity index (χ3n) is 4.58. The minimum atomic E-state index is -0.412. The van der Waals surface area contributed by atoms with E-state index in [2.05, 4.69) is 19.2 Å². The van der Waals surface area contributed by atoms with Crippen molar-refractivity contribution in [3.63, 3.8) is 0 Å². The lowest BCUT2D eigenvalue weighted by molar-refractivity contribution is 0.00886. The molecule has 0 bridgehead atoms. The molecule has 1 saturated carbocycles. The summed E-state index contributed by atoms with van der Waals surface area (Å²) in [6, 6.07) is 1.47. The van der Waals surface area contributed by atoms with Crippen molar-refractivity contribution in [1.29, 1.82) is 0 Å². The minimum absolute atomic E-state index is 0.164. The first kappa shape index (κ1) is 16.6. The molecule has 3 unspecified atom stereocenters. The van der Waals surface area contributed by atoms with Crippen LogP contribution >= 0.6 is 0 Å². The first-order valence-corrected chi connectivity index (χ1v) is 8.56. The highest BCUT2D eigenvalue weighted by Gasteiger charge is 2.35. The monoisotopic (exact) mass is 296 g/mol. The Labute approximate surface area is 129 Å². The fraction of sp³-hybridized carbons (Fsp3) is 0.941. The number of hydrogen-bond donors (Lipinski definition) is 1. The van der Waals surface area contributed by atoms with Gasteiger partial charge in [-0.15, -0.1) is 0 Å². The predicted octanol–water partition coefficient (Wildman–Crippen LogP) is 3.55. The number of carbonyl (C=O) groups is 1. The molecule has 2 fully saturated rings. The van der Waals surface area contributed by atoms with E-state index >= 15 is 0 Å². The maximum Gasteiger partial charge on any atom is 0.410 e. The Morgan fingerprint density at radius 2 is 2.00 bits per heavy atom. The van der Waals surface area contributed by atoms with Crippen molar-refractivity contribution >= 4 is 6.09 Å². The topological polar surface area (TPSA) is 41.6 Å². The first-order chi connectivity index (χ1) is 9.80. The summed E-state index contributed by atoms with van der Waals surface area (Å²) in [5.41, 5.74) is -0.412. The zero-order valence-electron chi connectivity index (χ0n) is 14.3. The summed E-state index contributed by atoms with van der Waals surface area (Å²) in [5.74, 6) is 0.897. The van der Waals surface area contributed by atoms with Gasteiger partial charge in [-0.05, 0) is 65.7 Å². The van der Waals surface area contributed by atoms with Crippen molar-refractivity contribution in [3.8, 4) is 0 Å². The molecule has 122 valence electrons. The van der Waals surface area contributed by atoms with Gasteiger partial charge in [-0.1, -0.05) is 6.92 Å². The highest BCUT2D eigenvalue weighted by molar-refractivity contribution is 5.68. The Hall–Kier alpha value is -0.770. The minimum Gasteiger partial charge on any atom is -0.444 e. The van der Waals surface area contributed by atoms with E-state index in [1.54, 1.807) is 0 Å². The maximum absolute atomic E-state index is 12.2. The Kier molecular flexibility index (Phi) is 5.18. The van der Waals surface area contributed by atoms with Crippen LogP contribution < -0.4 is 5.32 Å². The second kappa shape index (κ2) is 6.55. The third-order valence-corrected chi connectivity index (χ3v) is 4.58. The number of nitrogens with zero attached hydrogens (tertiary/aromatic N) is 1. The van der Waals surface area contributed by atoms with Crippen molar-refractivity contribution < 1.29 is 9.53 Å². The van der Waals surface area contributed by atoms with Crippen LogP contribution in [0.2, 0.25) is 0 Å². The molecule has 1 saturated heterocycles. The van der Waals surface area contributed by atoms with Crippen LogP contribution in [0.4, 0.5) is 4.79 Å². The Morgan fingerprint density at radius 1 is 1.33 bits per heavy atom. The van der Waals surface area contributed by atoms with Gasteiger partial charge in [-0.2, -0.15) is 0 Å². The van der Waals surface area contributed by atoms with Crippen molar-refractivity contribution in [2.45, 2.75) is 90.4 Å². The molecule has 0 aromatic heterocycles. The lowest BCUT2D eigenvalue weighted by atomic mass is 9.96. The molecule has 1 aliphatic heterocycles.